The SMILES string of the molecule is Cc1cccc(OCC(=O)Nc2cccc(NC(=O)OCC(C)C)c2)c1. The largest absolute Gasteiger partial charge is 0.484 e. The van der Waals surface area contributed by atoms with Gasteiger partial charge in [-0.1, -0.05) is 32.0 Å². The fraction of sp³-hybridized carbons (Fsp3) is 0.300. The summed E-state index contributed by atoms with van der Waals surface area (Å²) in [5.74, 6) is 0.620. The molecule has 0 heterocycles. The number of aryl methyl sites for hydroxylation is 1. The Bertz CT molecular complexity index is 759. The molecule has 6 nitrogen and oxygen atoms in total. The summed E-state index contributed by atoms with van der Waals surface area (Å²) in [4.78, 5) is 23.7. The summed E-state index contributed by atoms with van der Waals surface area (Å²) in [6, 6.07) is 14.3. The van der Waals surface area contributed by atoms with Crippen molar-refractivity contribution in [1.29, 1.82) is 0 Å². The molecule has 2 amide bonds. The van der Waals surface area contributed by atoms with Crippen LogP contribution in [-0.4, -0.2) is 25.2 Å². The van der Waals surface area contributed by atoms with Gasteiger partial charge >= 0.3 is 6.09 Å². The van der Waals surface area contributed by atoms with E-state index in [2.05, 4.69) is 10.6 Å². The van der Waals surface area contributed by atoms with Crippen molar-refractivity contribution in [2.45, 2.75) is 20.8 Å². The van der Waals surface area contributed by atoms with Crippen LogP contribution in [0.2, 0.25) is 0 Å². The zero-order valence-corrected chi connectivity index (χ0v) is 15.2. The Morgan fingerprint density at radius 3 is 2.38 bits per heavy atom. The van der Waals surface area contributed by atoms with Gasteiger partial charge in [0, 0.05) is 11.4 Å². The first-order valence-electron chi connectivity index (χ1n) is 8.45. The zero-order chi connectivity index (χ0) is 18.9. The first-order chi connectivity index (χ1) is 12.4. The molecule has 0 unspecified atom stereocenters. The van der Waals surface area contributed by atoms with E-state index < -0.39 is 6.09 Å². The second-order valence-electron chi connectivity index (χ2n) is 6.35. The van der Waals surface area contributed by atoms with Crippen molar-refractivity contribution in [3.8, 4) is 5.75 Å². The first kappa shape index (κ1) is 19.3. The molecule has 0 saturated heterocycles. The second-order valence-corrected chi connectivity index (χ2v) is 6.35. The molecule has 0 aliphatic carbocycles. The maximum atomic E-state index is 12.0. The third-order valence-electron chi connectivity index (χ3n) is 3.30. The summed E-state index contributed by atoms with van der Waals surface area (Å²) in [5.41, 5.74) is 2.16. The third kappa shape index (κ3) is 6.84. The maximum Gasteiger partial charge on any atom is 0.411 e. The molecule has 0 spiro atoms. The number of rotatable bonds is 7. The highest BCUT2D eigenvalue weighted by molar-refractivity contribution is 5.93. The van der Waals surface area contributed by atoms with Crippen LogP contribution in [0, 0.1) is 12.8 Å². The minimum atomic E-state index is -0.523. The Kier molecular flexibility index (Phi) is 7.02. The molecule has 0 bridgehead atoms. The molecular weight excluding hydrogens is 332 g/mol. The van der Waals surface area contributed by atoms with Crippen LogP contribution >= 0.6 is 0 Å². The fourth-order valence-electron chi connectivity index (χ4n) is 2.12. The smallest absolute Gasteiger partial charge is 0.411 e. The Balaban J connectivity index is 1.85. The molecule has 0 aliphatic heterocycles. The molecule has 2 N–H and O–H groups in total. The van der Waals surface area contributed by atoms with Gasteiger partial charge in [-0.05, 0) is 48.7 Å². The summed E-state index contributed by atoms with van der Waals surface area (Å²) >= 11 is 0. The normalized spacial score (nSPS) is 10.3. The topological polar surface area (TPSA) is 76.7 Å². The minimum absolute atomic E-state index is 0.0997. The minimum Gasteiger partial charge on any atom is -0.484 e. The van der Waals surface area contributed by atoms with Crippen LogP contribution in [0.25, 0.3) is 0 Å². The van der Waals surface area contributed by atoms with E-state index >= 15 is 0 Å². The second kappa shape index (κ2) is 9.46. The van der Waals surface area contributed by atoms with Crippen molar-refractivity contribution >= 4 is 23.4 Å². The number of amides is 2. The summed E-state index contributed by atoms with van der Waals surface area (Å²) in [7, 11) is 0. The van der Waals surface area contributed by atoms with Crippen LogP contribution in [0.3, 0.4) is 0 Å². The molecule has 138 valence electrons. The maximum absolute atomic E-state index is 12.0. The van der Waals surface area contributed by atoms with Gasteiger partial charge in [0.05, 0.1) is 6.61 Å². The van der Waals surface area contributed by atoms with E-state index in [9.17, 15) is 9.59 Å². The molecule has 6 heteroatoms. The summed E-state index contributed by atoms with van der Waals surface area (Å²) in [5, 5.41) is 5.37. The molecule has 0 saturated carbocycles. The van der Waals surface area contributed by atoms with Gasteiger partial charge in [-0.25, -0.2) is 4.79 Å². The van der Waals surface area contributed by atoms with Crippen molar-refractivity contribution in [3.05, 3.63) is 54.1 Å². The van der Waals surface area contributed by atoms with Crippen LogP contribution in [0.4, 0.5) is 16.2 Å². The number of anilines is 2. The predicted molar refractivity (Wildman–Crippen MR) is 102 cm³/mol. The van der Waals surface area contributed by atoms with Gasteiger partial charge < -0.3 is 14.8 Å². The number of carbonyl (C=O) groups excluding carboxylic acids is 2. The van der Waals surface area contributed by atoms with E-state index in [4.69, 9.17) is 9.47 Å². The molecule has 0 radical (unpaired) electrons. The summed E-state index contributed by atoms with van der Waals surface area (Å²) in [6.07, 6.45) is -0.523. The molecule has 2 aromatic rings. The number of benzene rings is 2. The van der Waals surface area contributed by atoms with Gasteiger partial charge in [0.2, 0.25) is 0 Å². The Hall–Kier alpha value is -3.02. The van der Waals surface area contributed by atoms with Crippen molar-refractivity contribution in [1.82, 2.24) is 0 Å². The summed E-state index contributed by atoms with van der Waals surface area (Å²) in [6.45, 7) is 6.12. The van der Waals surface area contributed by atoms with E-state index in [1.165, 1.54) is 0 Å². The van der Waals surface area contributed by atoms with E-state index in [0.717, 1.165) is 5.56 Å². The lowest BCUT2D eigenvalue weighted by atomic mass is 10.2. The van der Waals surface area contributed by atoms with E-state index in [0.29, 0.717) is 23.7 Å². The van der Waals surface area contributed by atoms with Crippen LogP contribution in [-0.2, 0) is 9.53 Å². The molecule has 0 aliphatic rings. The Morgan fingerprint density at radius 1 is 1.00 bits per heavy atom. The highest BCUT2D eigenvalue weighted by Gasteiger charge is 2.07. The van der Waals surface area contributed by atoms with Crippen LogP contribution in [0.15, 0.2) is 48.5 Å². The number of nitrogens with one attached hydrogen (secondary N) is 2. The van der Waals surface area contributed by atoms with Gasteiger partial charge in [0.25, 0.3) is 5.91 Å². The van der Waals surface area contributed by atoms with E-state index in [1.807, 2.05) is 39.0 Å². The van der Waals surface area contributed by atoms with Crippen molar-refractivity contribution in [2.75, 3.05) is 23.8 Å². The Morgan fingerprint density at radius 2 is 1.69 bits per heavy atom. The fourth-order valence-corrected chi connectivity index (χ4v) is 2.12. The molecule has 2 aromatic carbocycles. The van der Waals surface area contributed by atoms with Crippen LogP contribution in [0.1, 0.15) is 19.4 Å². The number of carbonyl (C=O) groups is 2. The standard InChI is InChI=1S/C20H24N2O4/c1-14(2)12-26-20(24)22-17-8-5-7-16(11-17)21-19(23)13-25-18-9-4-6-15(3)10-18/h4-11,14H,12-13H2,1-3H3,(H,21,23)(H,22,24). The summed E-state index contributed by atoms with van der Waals surface area (Å²) < 4.78 is 10.5. The molecule has 0 fully saturated rings. The third-order valence-corrected chi connectivity index (χ3v) is 3.30. The highest BCUT2D eigenvalue weighted by atomic mass is 16.5. The molecule has 0 aromatic heterocycles. The van der Waals surface area contributed by atoms with E-state index in [-0.39, 0.29) is 18.4 Å². The lowest BCUT2D eigenvalue weighted by molar-refractivity contribution is -0.118. The van der Waals surface area contributed by atoms with Crippen LogP contribution < -0.4 is 15.4 Å². The van der Waals surface area contributed by atoms with Gasteiger partial charge in [0.1, 0.15) is 5.75 Å². The quantitative estimate of drug-likeness (QED) is 0.779. The monoisotopic (exact) mass is 356 g/mol. The Labute approximate surface area is 153 Å². The lowest BCUT2D eigenvalue weighted by Crippen LogP contribution is -2.20. The van der Waals surface area contributed by atoms with Crippen molar-refractivity contribution < 1.29 is 19.1 Å². The first-order valence-corrected chi connectivity index (χ1v) is 8.45. The van der Waals surface area contributed by atoms with Gasteiger partial charge in [0.15, 0.2) is 6.61 Å². The van der Waals surface area contributed by atoms with Gasteiger partial charge in [-0.15, -0.1) is 0 Å². The zero-order valence-electron chi connectivity index (χ0n) is 15.2. The van der Waals surface area contributed by atoms with Gasteiger partial charge in [-0.2, -0.15) is 0 Å². The molecule has 2 rings (SSSR count). The lowest BCUT2D eigenvalue weighted by Gasteiger charge is -2.11. The molecule has 26 heavy (non-hydrogen) atoms. The predicted octanol–water partition coefficient (Wildman–Crippen LogP) is 4.22. The number of hydrogen-bond donors (Lipinski definition) is 2. The average Bonchev–Trinajstić information content (AvgIpc) is 2.58. The van der Waals surface area contributed by atoms with Gasteiger partial charge in [-0.3, -0.25) is 10.1 Å². The van der Waals surface area contributed by atoms with Crippen molar-refractivity contribution in [2.24, 2.45) is 5.92 Å². The van der Waals surface area contributed by atoms with Crippen molar-refractivity contribution in [3.63, 3.8) is 0 Å². The number of ether oxygens (including phenoxy) is 2. The van der Waals surface area contributed by atoms with E-state index in [1.54, 1.807) is 30.3 Å². The molecular formula is C20H24N2O4. The average molecular weight is 356 g/mol. The molecule has 0 atom stereocenters. The van der Waals surface area contributed by atoms with Crippen LogP contribution in [0.5, 0.6) is 5.75 Å². The number of hydrogen-bond acceptors (Lipinski definition) is 4. The highest BCUT2D eigenvalue weighted by Crippen LogP contribution is 2.16.